The number of carbonyl (C=O) groups is 1. The van der Waals surface area contributed by atoms with Gasteiger partial charge in [-0.2, -0.15) is 4.31 Å². The fourth-order valence-electron chi connectivity index (χ4n) is 4.03. The van der Waals surface area contributed by atoms with Crippen LogP contribution in [0.4, 0.5) is 4.39 Å². The average molecular weight is 465 g/mol. The Bertz CT molecular complexity index is 1070. The number of sulfonamides is 1. The minimum absolute atomic E-state index is 0.145. The molecule has 0 unspecified atom stereocenters. The normalized spacial score (nSPS) is 24.4. The topological polar surface area (TPSA) is 75.7 Å². The third-order valence-corrected chi connectivity index (χ3v) is 8.48. The number of carbonyl (C=O) groups excluding carboxylic acids is 1. The third-order valence-electron chi connectivity index (χ3n) is 5.47. The first-order valence-corrected chi connectivity index (χ1v) is 12.7. The molecule has 1 fully saturated rings. The monoisotopic (exact) mass is 464 g/mol. The summed E-state index contributed by atoms with van der Waals surface area (Å²) in [5, 5.41) is 2.96. The number of amides is 1. The molecule has 4 rings (SSSR count). The minimum atomic E-state index is -3.67. The van der Waals surface area contributed by atoms with Gasteiger partial charge in [-0.05, 0) is 56.2 Å². The van der Waals surface area contributed by atoms with Crippen LogP contribution in [0, 0.1) is 5.82 Å². The maximum Gasteiger partial charge on any atom is 0.251 e. The average Bonchev–Trinajstić information content (AvgIpc) is 2.74. The van der Waals surface area contributed by atoms with E-state index >= 15 is 0 Å². The Morgan fingerprint density at radius 3 is 2.48 bits per heavy atom. The van der Waals surface area contributed by atoms with Crippen LogP contribution >= 0.6 is 11.8 Å². The van der Waals surface area contributed by atoms with E-state index in [1.54, 1.807) is 6.07 Å². The number of ether oxygens (including phenoxy) is 1. The van der Waals surface area contributed by atoms with Crippen molar-refractivity contribution < 1.29 is 22.3 Å². The lowest BCUT2D eigenvalue weighted by Crippen LogP contribution is -2.48. The number of hydrogen-bond acceptors (Lipinski definition) is 5. The molecule has 1 amide bonds. The second-order valence-corrected chi connectivity index (χ2v) is 11.0. The second-order valence-electron chi connectivity index (χ2n) is 7.93. The molecular weight excluding hydrogens is 439 g/mol. The number of morpholine rings is 1. The summed E-state index contributed by atoms with van der Waals surface area (Å²) in [7, 11) is -3.67. The molecule has 2 aliphatic heterocycles. The molecule has 3 atom stereocenters. The molecule has 166 valence electrons. The highest BCUT2D eigenvalue weighted by Crippen LogP contribution is 2.37. The first-order chi connectivity index (χ1) is 14.8. The van der Waals surface area contributed by atoms with E-state index in [1.165, 1.54) is 46.4 Å². The fraction of sp³-hybridized carbons (Fsp3) is 0.409. The zero-order valence-electron chi connectivity index (χ0n) is 17.4. The molecule has 0 saturated carbocycles. The van der Waals surface area contributed by atoms with Gasteiger partial charge < -0.3 is 10.1 Å². The van der Waals surface area contributed by atoms with Crippen molar-refractivity contribution in [3.05, 3.63) is 59.4 Å². The van der Waals surface area contributed by atoms with E-state index in [0.29, 0.717) is 35.7 Å². The Kier molecular flexibility index (Phi) is 6.39. The molecule has 0 spiro atoms. The summed E-state index contributed by atoms with van der Waals surface area (Å²) < 4.78 is 47.1. The van der Waals surface area contributed by atoms with Crippen molar-refractivity contribution in [2.45, 2.75) is 48.3 Å². The van der Waals surface area contributed by atoms with Crippen molar-refractivity contribution in [2.75, 3.05) is 18.8 Å². The maximum absolute atomic E-state index is 14.1. The molecule has 2 heterocycles. The Hall–Kier alpha value is -1.94. The van der Waals surface area contributed by atoms with E-state index in [4.69, 9.17) is 4.74 Å². The van der Waals surface area contributed by atoms with Crippen molar-refractivity contribution in [1.29, 1.82) is 0 Å². The van der Waals surface area contributed by atoms with Crippen LogP contribution in [0.15, 0.2) is 52.3 Å². The number of benzene rings is 2. The highest BCUT2D eigenvalue weighted by atomic mass is 32.2. The number of thioether (sulfide) groups is 1. The van der Waals surface area contributed by atoms with E-state index in [2.05, 4.69) is 5.32 Å². The summed E-state index contributed by atoms with van der Waals surface area (Å²) >= 11 is 1.45. The van der Waals surface area contributed by atoms with Crippen LogP contribution in [0.25, 0.3) is 0 Å². The van der Waals surface area contributed by atoms with Gasteiger partial charge in [0.15, 0.2) is 0 Å². The number of rotatable bonds is 4. The van der Waals surface area contributed by atoms with Gasteiger partial charge in [0, 0.05) is 29.3 Å². The van der Waals surface area contributed by atoms with Gasteiger partial charge in [-0.1, -0.05) is 12.1 Å². The predicted octanol–water partition coefficient (Wildman–Crippen LogP) is 3.59. The summed E-state index contributed by atoms with van der Waals surface area (Å²) in [6.45, 7) is 4.29. The molecule has 0 bridgehead atoms. The molecule has 6 nitrogen and oxygen atoms in total. The van der Waals surface area contributed by atoms with Gasteiger partial charge in [0.1, 0.15) is 5.82 Å². The van der Waals surface area contributed by atoms with Crippen LogP contribution in [-0.4, -0.2) is 49.7 Å². The number of fused-ring (bicyclic) bond motifs is 1. The summed E-state index contributed by atoms with van der Waals surface area (Å²) in [5.74, 6) is 0.124. The van der Waals surface area contributed by atoms with Crippen molar-refractivity contribution in [3.63, 3.8) is 0 Å². The van der Waals surface area contributed by atoms with Gasteiger partial charge in [-0.25, -0.2) is 12.8 Å². The molecule has 1 N–H and O–H groups in total. The third kappa shape index (κ3) is 4.64. The molecule has 31 heavy (non-hydrogen) atoms. The number of halogens is 1. The van der Waals surface area contributed by atoms with Crippen molar-refractivity contribution in [3.8, 4) is 0 Å². The molecule has 2 aromatic carbocycles. The van der Waals surface area contributed by atoms with Crippen LogP contribution < -0.4 is 5.32 Å². The van der Waals surface area contributed by atoms with Gasteiger partial charge in [-0.3, -0.25) is 4.79 Å². The van der Waals surface area contributed by atoms with Crippen LogP contribution in [0.5, 0.6) is 0 Å². The Morgan fingerprint density at radius 1 is 1.13 bits per heavy atom. The Labute approximate surface area is 186 Å². The molecule has 1 saturated heterocycles. The summed E-state index contributed by atoms with van der Waals surface area (Å²) in [5.41, 5.74) is 1.14. The SMILES string of the molecule is C[C@@H]1CN(S(=O)(=O)c2ccc(C(=O)N[C@@H]3CCSc4c(F)cccc43)cc2)C[C@@H](C)O1. The van der Waals surface area contributed by atoms with Gasteiger partial charge in [0.2, 0.25) is 10.0 Å². The molecule has 2 aliphatic rings. The zero-order chi connectivity index (χ0) is 22.2. The number of nitrogens with one attached hydrogen (secondary N) is 1. The van der Waals surface area contributed by atoms with E-state index in [0.717, 1.165) is 5.56 Å². The number of hydrogen-bond donors (Lipinski definition) is 1. The zero-order valence-corrected chi connectivity index (χ0v) is 19.0. The smallest absolute Gasteiger partial charge is 0.251 e. The van der Waals surface area contributed by atoms with Gasteiger partial charge in [-0.15, -0.1) is 11.8 Å². The Morgan fingerprint density at radius 2 is 1.81 bits per heavy atom. The van der Waals surface area contributed by atoms with Crippen LogP contribution in [0.2, 0.25) is 0 Å². The van der Waals surface area contributed by atoms with E-state index in [1.807, 2.05) is 19.9 Å². The summed E-state index contributed by atoms with van der Waals surface area (Å²) in [4.78, 5) is 13.5. The van der Waals surface area contributed by atoms with Crippen molar-refractivity contribution in [2.24, 2.45) is 0 Å². The Balaban J connectivity index is 1.49. The van der Waals surface area contributed by atoms with E-state index in [-0.39, 0.29) is 34.9 Å². The summed E-state index contributed by atoms with van der Waals surface area (Å²) in [6.07, 6.45) is 0.349. The molecule has 0 aliphatic carbocycles. The van der Waals surface area contributed by atoms with Crippen LogP contribution in [0.1, 0.15) is 42.2 Å². The van der Waals surface area contributed by atoms with Gasteiger partial charge in [0.05, 0.1) is 23.1 Å². The maximum atomic E-state index is 14.1. The van der Waals surface area contributed by atoms with Crippen molar-refractivity contribution >= 4 is 27.7 Å². The quantitative estimate of drug-likeness (QED) is 0.749. The lowest BCUT2D eigenvalue weighted by Gasteiger charge is -2.34. The van der Waals surface area contributed by atoms with Crippen LogP contribution in [-0.2, 0) is 14.8 Å². The van der Waals surface area contributed by atoms with Crippen LogP contribution in [0.3, 0.4) is 0 Å². The molecule has 0 radical (unpaired) electrons. The predicted molar refractivity (Wildman–Crippen MR) is 117 cm³/mol. The lowest BCUT2D eigenvalue weighted by molar-refractivity contribution is -0.0440. The molecular formula is C22H25FN2O4S2. The minimum Gasteiger partial charge on any atom is -0.373 e. The van der Waals surface area contributed by atoms with Gasteiger partial charge in [0.25, 0.3) is 5.91 Å². The lowest BCUT2D eigenvalue weighted by atomic mass is 10.0. The van der Waals surface area contributed by atoms with Crippen molar-refractivity contribution in [1.82, 2.24) is 9.62 Å². The standard InChI is InChI=1S/C22H25FN2O4S2/c1-14-12-25(13-15(2)29-14)31(27,28)17-8-6-16(7-9-17)22(26)24-20-10-11-30-21-18(20)4-3-5-19(21)23/h3-9,14-15,20H,10-13H2,1-2H3,(H,24,26)/t14-,15-,20-/m1/s1. The van der Waals surface area contributed by atoms with E-state index in [9.17, 15) is 17.6 Å². The largest absolute Gasteiger partial charge is 0.373 e. The highest BCUT2D eigenvalue weighted by molar-refractivity contribution is 7.99. The number of nitrogens with zero attached hydrogens (tertiary/aromatic N) is 1. The van der Waals surface area contributed by atoms with E-state index < -0.39 is 10.0 Å². The molecule has 2 aromatic rings. The molecule has 0 aromatic heterocycles. The molecule has 9 heteroatoms. The highest BCUT2D eigenvalue weighted by Gasteiger charge is 2.32. The van der Waals surface area contributed by atoms with Gasteiger partial charge >= 0.3 is 0 Å². The fourth-order valence-corrected chi connectivity index (χ4v) is 6.76. The first kappa shape index (κ1) is 22.3. The first-order valence-electron chi connectivity index (χ1n) is 10.2. The second kappa shape index (κ2) is 8.90. The summed E-state index contributed by atoms with van der Waals surface area (Å²) in [6, 6.07) is 10.6.